The smallest absolute Gasteiger partial charge is 0.183 e. The van der Waals surface area contributed by atoms with Crippen molar-refractivity contribution in [3.05, 3.63) is 29.3 Å². The molecule has 0 bridgehead atoms. The van der Waals surface area contributed by atoms with E-state index in [0.29, 0.717) is 10.8 Å². The molecule has 0 radical (unpaired) electrons. The molecule has 0 unspecified atom stereocenters. The summed E-state index contributed by atoms with van der Waals surface area (Å²) in [6.45, 7) is 0.0196. The van der Waals surface area contributed by atoms with Crippen molar-refractivity contribution in [2.45, 2.75) is 0 Å². The highest BCUT2D eigenvalue weighted by Gasteiger charge is 1.99. The van der Waals surface area contributed by atoms with Crippen molar-refractivity contribution < 1.29 is 9.53 Å². The molecule has 0 saturated carbocycles. The number of rotatable bonds is 4. The van der Waals surface area contributed by atoms with Crippen LogP contribution in [-0.4, -0.2) is 18.9 Å². The zero-order valence-electron chi connectivity index (χ0n) is 7.00. The summed E-state index contributed by atoms with van der Waals surface area (Å²) in [6, 6.07) is 6.80. The zero-order chi connectivity index (χ0) is 9.68. The Morgan fingerprint density at radius 2 is 2.00 bits per heavy atom. The SMILES string of the molecule is NCC(=O)COc1ccc(Cl)cc1. The van der Waals surface area contributed by atoms with Crippen LogP contribution < -0.4 is 10.5 Å². The minimum Gasteiger partial charge on any atom is -0.486 e. The van der Waals surface area contributed by atoms with Crippen LogP contribution in [0.25, 0.3) is 0 Å². The Kier molecular flexibility index (Phi) is 3.73. The fourth-order valence-electron chi connectivity index (χ4n) is 0.754. The van der Waals surface area contributed by atoms with E-state index in [1.165, 1.54) is 0 Å². The molecule has 2 N–H and O–H groups in total. The van der Waals surface area contributed by atoms with E-state index in [1.807, 2.05) is 0 Å². The van der Waals surface area contributed by atoms with Crippen LogP contribution >= 0.6 is 11.6 Å². The number of benzene rings is 1. The van der Waals surface area contributed by atoms with Gasteiger partial charge in [-0.25, -0.2) is 0 Å². The lowest BCUT2D eigenvalue weighted by Crippen LogP contribution is -2.20. The molecule has 4 heteroatoms. The summed E-state index contributed by atoms with van der Waals surface area (Å²) >= 11 is 5.66. The van der Waals surface area contributed by atoms with E-state index < -0.39 is 0 Å². The van der Waals surface area contributed by atoms with Crippen molar-refractivity contribution in [2.24, 2.45) is 5.73 Å². The number of carbonyl (C=O) groups is 1. The van der Waals surface area contributed by atoms with Crippen LogP contribution in [0.3, 0.4) is 0 Å². The van der Waals surface area contributed by atoms with E-state index in [0.717, 1.165) is 0 Å². The fraction of sp³-hybridized carbons (Fsp3) is 0.222. The molecule has 0 atom stereocenters. The van der Waals surface area contributed by atoms with Crippen LogP contribution in [0, 0.1) is 0 Å². The lowest BCUT2D eigenvalue weighted by atomic mass is 10.3. The number of hydrogen-bond acceptors (Lipinski definition) is 3. The van der Waals surface area contributed by atoms with Gasteiger partial charge in [0.2, 0.25) is 0 Å². The van der Waals surface area contributed by atoms with Crippen LogP contribution in [-0.2, 0) is 4.79 Å². The maximum atomic E-state index is 10.8. The van der Waals surface area contributed by atoms with E-state index in [9.17, 15) is 4.79 Å². The van der Waals surface area contributed by atoms with E-state index in [1.54, 1.807) is 24.3 Å². The average Bonchev–Trinajstić information content (AvgIpc) is 2.16. The number of nitrogens with two attached hydrogens (primary N) is 1. The molecule has 0 aliphatic carbocycles. The summed E-state index contributed by atoms with van der Waals surface area (Å²) in [4.78, 5) is 10.8. The number of ether oxygens (including phenoxy) is 1. The molecule has 3 nitrogen and oxygen atoms in total. The third kappa shape index (κ3) is 3.44. The Hall–Kier alpha value is -1.06. The molecular formula is C9H10ClNO2. The summed E-state index contributed by atoms with van der Waals surface area (Å²) in [6.07, 6.45) is 0. The van der Waals surface area contributed by atoms with Gasteiger partial charge in [0, 0.05) is 5.02 Å². The predicted molar refractivity (Wildman–Crippen MR) is 51.0 cm³/mol. The van der Waals surface area contributed by atoms with E-state index >= 15 is 0 Å². The topological polar surface area (TPSA) is 52.3 Å². The first-order valence-electron chi connectivity index (χ1n) is 3.82. The second-order valence-corrected chi connectivity index (χ2v) is 2.92. The molecular weight excluding hydrogens is 190 g/mol. The van der Waals surface area contributed by atoms with E-state index in [4.69, 9.17) is 22.1 Å². The molecule has 1 aromatic rings. The van der Waals surface area contributed by atoms with Crippen molar-refractivity contribution >= 4 is 17.4 Å². The molecule has 70 valence electrons. The molecule has 0 saturated heterocycles. The quantitative estimate of drug-likeness (QED) is 0.794. The highest BCUT2D eigenvalue weighted by molar-refractivity contribution is 6.30. The fourth-order valence-corrected chi connectivity index (χ4v) is 0.880. The molecule has 0 spiro atoms. The first kappa shape index (κ1) is 10.0. The summed E-state index contributed by atoms with van der Waals surface area (Å²) in [5.41, 5.74) is 5.11. The molecule has 0 aliphatic heterocycles. The average molecular weight is 200 g/mol. The first-order valence-corrected chi connectivity index (χ1v) is 4.20. The minimum atomic E-state index is -0.130. The van der Waals surface area contributed by atoms with Crippen LogP contribution in [0.4, 0.5) is 0 Å². The molecule has 0 aromatic heterocycles. The van der Waals surface area contributed by atoms with Crippen molar-refractivity contribution in [3.8, 4) is 5.75 Å². The van der Waals surface area contributed by atoms with Gasteiger partial charge in [-0.05, 0) is 24.3 Å². The third-order valence-electron chi connectivity index (χ3n) is 1.44. The lowest BCUT2D eigenvalue weighted by Gasteiger charge is -2.03. The second kappa shape index (κ2) is 4.84. The number of ketones is 1. The van der Waals surface area contributed by atoms with Crippen molar-refractivity contribution in [3.63, 3.8) is 0 Å². The summed E-state index contributed by atoms with van der Waals surface area (Å²) in [5, 5.41) is 0.637. The lowest BCUT2D eigenvalue weighted by molar-refractivity contribution is -0.119. The Morgan fingerprint density at radius 1 is 1.38 bits per heavy atom. The number of halogens is 1. The first-order chi connectivity index (χ1) is 6.22. The molecule has 1 rings (SSSR count). The molecule has 0 amide bonds. The predicted octanol–water partition coefficient (Wildman–Crippen LogP) is 1.25. The van der Waals surface area contributed by atoms with Gasteiger partial charge in [0.1, 0.15) is 12.4 Å². The number of carbonyl (C=O) groups excluding carboxylic acids is 1. The Morgan fingerprint density at radius 3 is 2.54 bits per heavy atom. The zero-order valence-corrected chi connectivity index (χ0v) is 7.75. The van der Waals surface area contributed by atoms with Crippen LogP contribution in [0.2, 0.25) is 5.02 Å². The maximum absolute atomic E-state index is 10.8. The van der Waals surface area contributed by atoms with Gasteiger partial charge in [-0.3, -0.25) is 4.79 Å². The number of Topliss-reactive ketones (excluding diaryl/α,β-unsaturated/α-hetero) is 1. The van der Waals surface area contributed by atoms with E-state index in [2.05, 4.69) is 0 Å². The molecule has 0 fully saturated rings. The highest BCUT2D eigenvalue weighted by atomic mass is 35.5. The largest absolute Gasteiger partial charge is 0.486 e. The Labute approximate surface area is 81.4 Å². The molecule has 0 heterocycles. The van der Waals surface area contributed by atoms with Crippen LogP contribution in [0.15, 0.2) is 24.3 Å². The van der Waals surface area contributed by atoms with Gasteiger partial charge in [0.05, 0.1) is 6.54 Å². The minimum absolute atomic E-state index is 0.00753. The monoisotopic (exact) mass is 199 g/mol. The van der Waals surface area contributed by atoms with Gasteiger partial charge in [-0.15, -0.1) is 0 Å². The Bertz CT molecular complexity index is 284. The van der Waals surface area contributed by atoms with Gasteiger partial charge >= 0.3 is 0 Å². The van der Waals surface area contributed by atoms with Crippen LogP contribution in [0.1, 0.15) is 0 Å². The van der Waals surface area contributed by atoms with Crippen molar-refractivity contribution in [2.75, 3.05) is 13.2 Å². The summed E-state index contributed by atoms with van der Waals surface area (Å²) in [5.74, 6) is 0.487. The van der Waals surface area contributed by atoms with Crippen molar-refractivity contribution in [1.82, 2.24) is 0 Å². The number of hydrogen-bond donors (Lipinski definition) is 1. The summed E-state index contributed by atoms with van der Waals surface area (Å²) < 4.78 is 5.13. The van der Waals surface area contributed by atoms with Gasteiger partial charge in [-0.2, -0.15) is 0 Å². The summed E-state index contributed by atoms with van der Waals surface area (Å²) in [7, 11) is 0. The maximum Gasteiger partial charge on any atom is 0.183 e. The van der Waals surface area contributed by atoms with Gasteiger partial charge in [0.15, 0.2) is 5.78 Å². The molecule has 1 aromatic carbocycles. The second-order valence-electron chi connectivity index (χ2n) is 2.49. The van der Waals surface area contributed by atoms with Crippen molar-refractivity contribution in [1.29, 1.82) is 0 Å². The van der Waals surface area contributed by atoms with Gasteiger partial charge in [-0.1, -0.05) is 11.6 Å². The normalized spacial score (nSPS) is 9.69. The van der Waals surface area contributed by atoms with Gasteiger partial charge in [0.25, 0.3) is 0 Å². The van der Waals surface area contributed by atoms with E-state index in [-0.39, 0.29) is 18.9 Å². The van der Waals surface area contributed by atoms with Gasteiger partial charge < -0.3 is 10.5 Å². The Balaban J connectivity index is 2.46. The third-order valence-corrected chi connectivity index (χ3v) is 1.69. The molecule has 0 aliphatic rings. The highest BCUT2D eigenvalue weighted by Crippen LogP contribution is 2.15. The molecule has 13 heavy (non-hydrogen) atoms. The standard InChI is InChI=1S/C9H10ClNO2/c10-7-1-3-9(4-2-7)13-6-8(12)5-11/h1-4H,5-6,11H2. The van der Waals surface area contributed by atoms with Crippen LogP contribution in [0.5, 0.6) is 5.75 Å².